The Morgan fingerprint density at radius 1 is 1.24 bits per heavy atom. The summed E-state index contributed by atoms with van der Waals surface area (Å²) in [5.74, 6) is 0.501. The molecule has 6 heteroatoms. The van der Waals surface area contributed by atoms with Gasteiger partial charge in [-0.05, 0) is 24.6 Å². The summed E-state index contributed by atoms with van der Waals surface area (Å²) in [5, 5.41) is 10.5. The van der Waals surface area contributed by atoms with E-state index in [0.29, 0.717) is 13.1 Å². The van der Waals surface area contributed by atoms with E-state index < -0.39 is 0 Å². The van der Waals surface area contributed by atoms with Gasteiger partial charge in [0, 0.05) is 31.9 Å². The fourth-order valence-corrected chi connectivity index (χ4v) is 1.85. The first-order chi connectivity index (χ1) is 10.2. The van der Waals surface area contributed by atoms with Gasteiger partial charge in [-0.3, -0.25) is 4.68 Å². The van der Waals surface area contributed by atoms with Crippen molar-refractivity contribution >= 4 is 5.96 Å². The molecule has 1 heterocycles. The van der Waals surface area contributed by atoms with E-state index in [4.69, 9.17) is 0 Å². The first kappa shape index (κ1) is 15.0. The van der Waals surface area contributed by atoms with Gasteiger partial charge in [0.2, 0.25) is 0 Å². The molecule has 2 rings (SSSR count). The van der Waals surface area contributed by atoms with Crippen LogP contribution >= 0.6 is 0 Å². The van der Waals surface area contributed by atoms with Crippen molar-refractivity contribution in [2.75, 3.05) is 6.54 Å². The van der Waals surface area contributed by atoms with Gasteiger partial charge in [-0.1, -0.05) is 12.1 Å². The predicted octanol–water partition coefficient (Wildman–Crippen LogP) is 1.81. The van der Waals surface area contributed by atoms with Crippen LogP contribution in [-0.4, -0.2) is 22.3 Å². The number of rotatable bonds is 5. The first-order valence-corrected chi connectivity index (χ1v) is 6.91. The number of hydrogen-bond acceptors (Lipinski definition) is 2. The predicted molar refractivity (Wildman–Crippen MR) is 81.3 cm³/mol. The topological polar surface area (TPSA) is 54.2 Å². The zero-order chi connectivity index (χ0) is 15.1. The third-order valence-corrected chi connectivity index (χ3v) is 2.90. The van der Waals surface area contributed by atoms with E-state index in [-0.39, 0.29) is 5.82 Å². The van der Waals surface area contributed by atoms with Gasteiger partial charge in [-0.15, -0.1) is 0 Å². The third kappa shape index (κ3) is 4.91. The number of hydrogen-bond donors (Lipinski definition) is 2. The van der Waals surface area contributed by atoms with Crippen molar-refractivity contribution in [2.45, 2.75) is 20.0 Å². The molecule has 0 aliphatic carbocycles. The number of aliphatic imine (C=N–C) groups is 1. The molecule has 21 heavy (non-hydrogen) atoms. The molecule has 0 amide bonds. The van der Waals surface area contributed by atoms with Gasteiger partial charge in [0.1, 0.15) is 5.82 Å². The molecular formula is C15H20FN5. The third-order valence-electron chi connectivity index (χ3n) is 2.90. The van der Waals surface area contributed by atoms with Crippen LogP contribution in [0.4, 0.5) is 4.39 Å². The average Bonchev–Trinajstić information content (AvgIpc) is 2.89. The zero-order valence-corrected chi connectivity index (χ0v) is 12.3. The van der Waals surface area contributed by atoms with Crippen molar-refractivity contribution in [3.05, 3.63) is 53.6 Å². The van der Waals surface area contributed by atoms with Crippen molar-refractivity contribution in [2.24, 2.45) is 12.0 Å². The Morgan fingerprint density at radius 3 is 2.62 bits per heavy atom. The van der Waals surface area contributed by atoms with E-state index in [0.717, 1.165) is 23.6 Å². The van der Waals surface area contributed by atoms with Crippen molar-refractivity contribution < 1.29 is 4.39 Å². The molecule has 2 aromatic rings. The summed E-state index contributed by atoms with van der Waals surface area (Å²) in [6.45, 7) is 3.95. The van der Waals surface area contributed by atoms with Crippen molar-refractivity contribution in [1.29, 1.82) is 0 Å². The molecule has 5 nitrogen and oxygen atoms in total. The second-order valence-electron chi connectivity index (χ2n) is 4.70. The van der Waals surface area contributed by atoms with E-state index in [9.17, 15) is 4.39 Å². The lowest BCUT2D eigenvalue weighted by Crippen LogP contribution is -2.36. The second kappa shape index (κ2) is 7.42. The number of nitrogens with zero attached hydrogens (tertiary/aromatic N) is 3. The summed E-state index contributed by atoms with van der Waals surface area (Å²) in [6.07, 6.45) is 3.74. The maximum absolute atomic E-state index is 12.9. The first-order valence-electron chi connectivity index (χ1n) is 6.91. The smallest absolute Gasteiger partial charge is 0.191 e. The van der Waals surface area contributed by atoms with Gasteiger partial charge in [0.25, 0.3) is 0 Å². The van der Waals surface area contributed by atoms with Gasteiger partial charge < -0.3 is 10.6 Å². The van der Waals surface area contributed by atoms with E-state index in [1.54, 1.807) is 23.0 Å². The van der Waals surface area contributed by atoms with Crippen LogP contribution in [0.15, 0.2) is 41.7 Å². The minimum atomic E-state index is -0.226. The maximum Gasteiger partial charge on any atom is 0.191 e. The molecule has 0 fully saturated rings. The molecule has 1 aromatic carbocycles. The van der Waals surface area contributed by atoms with Crippen LogP contribution in [0, 0.1) is 5.82 Å². The molecule has 112 valence electrons. The van der Waals surface area contributed by atoms with Gasteiger partial charge in [0.05, 0.1) is 12.7 Å². The van der Waals surface area contributed by atoms with Crippen molar-refractivity contribution in [3.63, 3.8) is 0 Å². The highest BCUT2D eigenvalue weighted by molar-refractivity contribution is 5.79. The summed E-state index contributed by atoms with van der Waals surface area (Å²) < 4.78 is 14.6. The SMILES string of the molecule is CCNC(=NCc1cnn(C)c1)NCc1ccc(F)cc1. The molecular weight excluding hydrogens is 269 g/mol. The van der Waals surface area contributed by atoms with Crippen LogP contribution < -0.4 is 10.6 Å². The zero-order valence-electron chi connectivity index (χ0n) is 12.3. The van der Waals surface area contributed by atoms with Crippen LogP contribution in [0.1, 0.15) is 18.1 Å². The van der Waals surface area contributed by atoms with Crippen molar-refractivity contribution in [1.82, 2.24) is 20.4 Å². The fraction of sp³-hybridized carbons (Fsp3) is 0.333. The Bertz CT molecular complexity index is 588. The summed E-state index contributed by atoms with van der Waals surface area (Å²) in [5.41, 5.74) is 2.06. The van der Waals surface area contributed by atoms with E-state index in [1.807, 2.05) is 20.2 Å². The van der Waals surface area contributed by atoms with Gasteiger partial charge in [-0.2, -0.15) is 5.10 Å². The van der Waals surface area contributed by atoms with Crippen LogP contribution in [0.3, 0.4) is 0 Å². The number of nitrogens with one attached hydrogen (secondary N) is 2. The highest BCUT2D eigenvalue weighted by Gasteiger charge is 2.00. The van der Waals surface area contributed by atoms with Gasteiger partial charge in [0.15, 0.2) is 5.96 Å². The summed E-state index contributed by atoms with van der Waals surface area (Å²) in [7, 11) is 1.88. The molecule has 0 saturated heterocycles. The van der Waals surface area contributed by atoms with E-state index >= 15 is 0 Å². The van der Waals surface area contributed by atoms with Gasteiger partial charge in [-0.25, -0.2) is 9.38 Å². The lowest BCUT2D eigenvalue weighted by atomic mass is 10.2. The van der Waals surface area contributed by atoms with E-state index in [1.165, 1.54) is 12.1 Å². The van der Waals surface area contributed by atoms with Crippen LogP contribution in [0.25, 0.3) is 0 Å². The summed E-state index contributed by atoms with van der Waals surface area (Å²) in [6, 6.07) is 6.42. The van der Waals surface area contributed by atoms with Gasteiger partial charge >= 0.3 is 0 Å². The number of halogens is 1. The highest BCUT2D eigenvalue weighted by atomic mass is 19.1. The fourth-order valence-electron chi connectivity index (χ4n) is 1.85. The maximum atomic E-state index is 12.9. The molecule has 0 atom stereocenters. The van der Waals surface area contributed by atoms with Crippen LogP contribution in [0.5, 0.6) is 0 Å². The largest absolute Gasteiger partial charge is 0.357 e. The number of guanidine groups is 1. The van der Waals surface area contributed by atoms with E-state index in [2.05, 4.69) is 20.7 Å². The number of aryl methyl sites for hydroxylation is 1. The minimum absolute atomic E-state index is 0.226. The molecule has 1 aromatic heterocycles. The second-order valence-corrected chi connectivity index (χ2v) is 4.70. The van der Waals surface area contributed by atoms with Crippen molar-refractivity contribution in [3.8, 4) is 0 Å². The molecule has 2 N–H and O–H groups in total. The normalized spacial score (nSPS) is 11.5. The molecule has 0 aliphatic rings. The van der Waals surface area contributed by atoms with Crippen LogP contribution in [0.2, 0.25) is 0 Å². The Morgan fingerprint density at radius 2 is 2.00 bits per heavy atom. The lowest BCUT2D eigenvalue weighted by molar-refractivity contribution is 0.626. The Kier molecular flexibility index (Phi) is 5.31. The molecule has 0 bridgehead atoms. The Labute approximate surface area is 123 Å². The summed E-state index contributed by atoms with van der Waals surface area (Å²) >= 11 is 0. The Balaban J connectivity index is 1.93. The quantitative estimate of drug-likeness (QED) is 0.652. The molecule has 0 spiro atoms. The molecule has 0 unspecified atom stereocenters. The Hall–Kier alpha value is -2.37. The monoisotopic (exact) mass is 289 g/mol. The summed E-state index contributed by atoms with van der Waals surface area (Å²) in [4.78, 5) is 4.50. The standard InChI is InChI=1S/C15H20FN5/c1-3-17-15(19-9-13-10-20-21(2)11-13)18-8-12-4-6-14(16)7-5-12/h4-7,10-11H,3,8-9H2,1-2H3,(H2,17,18,19). The average molecular weight is 289 g/mol. The molecule has 0 radical (unpaired) electrons. The molecule has 0 aliphatic heterocycles. The molecule has 0 saturated carbocycles. The highest BCUT2D eigenvalue weighted by Crippen LogP contribution is 2.02. The lowest BCUT2D eigenvalue weighted by Gasteiger charge is -2.11. The number of aromatic nitrogens is 2. The minimum Gasteiger partial charge on any atom is -0.357 e. The number of benzene rings is 1. The van der Waals surface area contributed by atoms with Crippen LogP contribution in [-0.2, 0) is 20.1 Å².